The van der Waals surface area contributed by atoms with E-state index in [9.17, 15) is 13.2 Å². The molecule has 0 atom stereocenters. The van der Waals surface area contributed by atoms with Crippen molar-refractivity contribution in [1.29, 1.82) is 0 Å². The highest BCUT2D eigenvalue weighted by molar-refractivity contribution is 7.89. The van der Waals surface area contributed by atoms with E-state index in [1.165, 1.54) is 39.9 Å². The second-order valence-electron chi connectivity index (χ2n) is 8.00. The van der Waals surface area contributed by atoms with Gasteiger partial charge in [-0.15, -0.1) is 0 Å². The van der Waals surface area contributed by atoms with E-state index in [4.69, 9.17) is 14.2 Å². The molecule has 0 saturated heterocycles. The Morgan fingerprint density at radius 2 is 1.72 bits per heavy atom. The number of fused-ring (bicyclic) bond motifs is 1. The lowest BCUT2D eigenvalue weighted by Gasteiger charge is -2.20. The number of carbonyl (C=O) groups is 1. The van der Waals surface area contributed by atoms with Gasteiger partial charge in [0.1, 0.15) is 0 Å². The minimum Gasteiger partial charge on any atom is -0.493 e. The van der Waals surface area contributed by atoms with Crippen LogP contribution in [0.1, 0.15) is 37.0 Å². The summed E-state index contributed by atoms with van der Waals surface area (Å²) >= 11 is 1.35. The van der Waals surface area contributed by atoms with E-state index in [1.807, 2.05) is 30.5 Å². The van der Waals surface area contributed by atoms with Gasteiger partial charge in [-0.2, -0.15) is 9.30 Å². The number of unbranched alkanes of at least 4 members (excludes halogenated alkanes) is 1. The lowest BCUT2D eigenvalue weighted by molar-refractivity contribution is 0.0997. The highest BCUT2D eigenvalue weighted by Gasteiger charge is 2.23. The fraction of sp³-hybridized carbons (Fsp3) is 0.440. The number of carbonyl (C=O) groups excluding carboxylic acids is 1. The fourth-order valence-electron chi connectivity index (χ4n) is 3.73. The van der Waals surface area contributed by atoms with Gasteiger partial charge >= 0.3 is 0 Å². The van der Waals surface area contributed by atoms with Crippen molar-refractivity contribution in [2.24, 2.45) is 4.99 Å². The molecule has 0 radical (unpaired) electrons. The Morgan fingerprint density at radius 1 is 1.06 bits per heavy atom. The summed E-state index contributed by atoms with van der Waals surface area (Å²) in [7, 11) is 1.12. The van der Waals surface area contributed by atoms with E-state index in [2.05, 4.69) is 4.99 Å². The van der Waals surface area contributed by atoms with E-state index in [1.54, 1.807) is 21.3 Å². The van der Waals surface area contributed by atoms with Crippen LogP contribution in [0.3, 0.4) is 0 Å². The molecule has 0 N–H and O–H groups in total. The van der Waals surface area contributed by atoms with Crippen molar-refractivity contribution in [3.05, 3.63) is 46.8 Å². The first kappa shape index (κ1) is 27.9. The number of thiazole rings is 1. The second-order valence-corrected chi connectivity index (χ2v) is 10.9. The van der Waals surface area contributed by atoms with Crippen LogP contribution in [-0.2, 0) is 21.3 Å². The predicted octanol–water partition coefficient (Wildman–Crippen LogP) is 3.92. The van der Waals surface area contributed by atoms with Crippen LogP contribution in [-0.4, -0.2) is 64.2 Å². The minimum atomic E-state index is -3.62. The number of nitrogens with zero attached hydrogens (tertiary/aromatic N) is 3. The van der Waals surface area contributed by atoms with Crippen LogP contribution in [0.25, 0.3) is 10.2 Å². The third kappa shape index (κ3) is 5.97. The van der Waals surface area contributed by atoms with Crippen molar-refractivity contribution in [2.45, 2.75) is 38.1 Å². The van der Waals surface area contributed by atoms with Gasteiger partial charge < -0.3 is 18.8 Å². The molecule has 0 spiro atoms. The summed E-state index contributed by atoms with van der Waals surface area (Å²) in [6, 6.07) is 9.64. The normalized spacial score (nSPS) is 12.4. The number of hydrogen-bond donors (Lipinski definition) is 0. The number of amides is 1. The number of aromatic nitrogens is 1. The molecular weight excluding hydrogens is 502 g/mol. The quantitative estimate of drug-likeness (QED) is 0.349. The molecule has 3 rings (SSSR count). The number of hydrogen-bond acceptors (Lipinski definition) is 7. The summed E-state index contributed by atoms with van der Waals surface area (Å²) in [5, 5.41) is 0. The monoisotopic (exact) mass is 535 g/mol. The van der Waals surface area contributed by atoms with Crippen molar-refractivity contribution in [1.82, 2.24) is 8.87 Å². The molecule has 11 heteroatoms. The van der Waals surface area contributed by atoms with Gasteiger partial charge in [-0.1, -0.05) is 31.6 Å². The van der Waals surface area contributed by atoms with Gasteiger partial charge in [-0.05, 0) is 30.7 Å². The largest absolute Gasteiger partial charge is 0.493 e. The number of methoxy groups -OCH3 is 3. The summed E-state index contributed by atoms with van der Waals surface area (Å²) in [4.78, 5) is 18.1. The van der Waals surface area contributed by atoms with Crippen molar-refractivity contribution in [3.63, 3.8) is 0 Å². The fourth-order valence-corrected chi connectivity index (χ4v) is 6.29. The molecule has 36 heavy (non-hydrogen) atoms. The molecule has 0 aliphatic heterocycles. The number of rotatable bonds is 12. The van der Waals surface area contributed by atoms with Gasteiger partial charge in [-0.3, -0.25) is 4.79 Å². The zero-order chi connectivity index (χ0) is 26.3. The van der Waals surface area contributed by atoms with Crippen LogP contribution in [0.2, 0.25) is 0 Å². The smallest absolute Gasteiger partial charge is 0.279 e. The zero-order valence-electron chi connectivity index (χ0n) is 21.3. The lowest BCUT2D eigenvalue weighted by atomic mass is 10.2. The molecule has 196 valence electrons. The number of benzene rings is 2. The Morgan fingerprint density at radius 3 is 2.31 bits per heavy atom. The lowest BCUT2D eigenvalue weighted by Crippen LogP contribution is -2.31. The van der Waals surface area contributed by atoms with E-state index >= 15 is 0 Å². The number of ether oxygens (including phenoxy) is 3. The topological polar surface area (TPSA) is 99.4 Å². The Labute approximate surface area is 216 Å². The molecule has 0 fully saturated rings. The molecule has 9 nitrogen and oxygen atoms in total. The van der Waals surface area contributed by atoms with Crippen LogP contribution in [0.4, 0.5) is 0 Å². The van der Waals surface area contributed by atoms with Gasteiger partial charge in [0.05, 0.1) is 35.9 Å². The van der Waals surface area contributed by atoms with Gasteiger partial charge in [-0.25, -0.2) is 8.42 Å². The summed E-state index contributed by atoms with van der Waals surface area (Å²) < 4.78 is 46.3. The molecule has 1 amide bonds. The average molecular weight is 536 g/mol. The third-order valence-electron chi connectivity index (χ3n) is 5.76. The van der Waals surface area contributed by atoms with Crippen molar-refractivity contribution >= 4 is 37.5 Å². The Hall–Kier alpha value is -2.73. The third-order valence-corrected chi connectivity index (χ3v) is 8.79. The van der Waals surface area contributed by atoms with E-state index in [0.717, 1.165) is 23.1 Å². The zero-order valence-corrected chi connectivity index (χ0v) is 22.9. The first-order valence-corrected chi connectivity index (χ1v) is 14.0. The van der Waals surface area contributed by atoms with Crippen molar-refractivity contribution < 1.29 is 27.4 Å². The first-order valence-electron chi connectivity index (χ1n) is 11.7. The molecule has 0 bridgehead atoms. The number of sulfonamides is 1. The first-order chi connectivity index (χ1) is 17.3. The highest BCUT2D eigenvalue weighted by Crippen LogP contribution is 2.33. The standard InChI is InChI=1S/C25H33N3O6S2/c1-6-8-13-27(7-2)36(30,31)19-11-9-18(10-12-19)24(29)26-25-28(14-15-32-3)20-16-21(33-4)22(34-5)17-23(20)35-25/h9-12,16-17H,6-8,13-15H2,1-5H3. The van der Waals surface area contributed by atoms with Gasteiger partial charge in [0.25, 0.3) is 5.91 Å². The molecule has 1 heterocycles. The van der Waals surface area contributed by atoms with Crippen LogP contribution < -0.4 is 14.3 Å². The Bertz CT molecular complexity index is 1360. The minimum absolute atomic E-state index is 0.160. The van der Waals surface area contributed by atoms with Crippen LogP contribution in [0, 0.1) is 0 Å². The van der Waals surface area contributed by atoms with Crippen LogP contribution >= 0.6 is 11.3 Å². The molecular formula is C25H33N3O6S2. The van der Waals surface area contributed by atoms with Crippen molar-refractivity contribution in [2.75, 3.05) is 41.0 Å². The second kappa shape index (κ2) is 12.5. The predicted molar refractivity (Wildman–Crippen MR) is 140 cm³/mol. The van der Waals surface area contributed by atoms with Crippen LogP contribution in [0.5, 0.6) is 11.5 Å². The van der Waals surface area contributed by atoms with E-state index in [0.29, 0.717) is 48.1 Å². The highest BCUT2D eigenvalue weighted by atomic mass is 32.2. The molecule has 0 aliphatic rings. The van der Waals surface area contributed by atoms with E-state index in [-0.39, 0.29) is 4.90 Å². The Balaban J connectivity index is 1.98. The van der Waals surface area contributed by atoms with Gasteiger partial charge in [0.15, 0.2) is 16.3 Å². The van der Waals surface area contributed by atoms with Gasteiger partial charge in [0, 0.05) is 44.4 Å². The van der Waals surface area contributed by atoms with Crippen LogP contribution in [0.15, 0.2) is 46.3 Å². The Kier molecular flexibility index (Phi) is 9.66. The SMILES string of the molecule is CCCCN(CC)S(=O)(=O)c1ccc(C(=O)N=c2sc3cc(OC)c(OC)cc3n2CCOC)cc1. The van der Waals surface area contributed by atoms with E-state index < -0.39 is 15.9 Å². The van der Waals surface area contributed by atoms with Gasteiger partial charge in [0.2, 0.25) is 10.0 Å². The molecule has 2 aromatic carbocycles. The summed E-state index contributed by atoms with van der Waals surface area (Å²) in [6.45, 7) is 5.61. The maximum Gasteiger partial charge on any atom is 0.279 e. The maximum atomic E-state index is 13.0. The average Bonchev–Trinajstić information content (AvgIpc) is 3.22. The molecule has 1 aromatic heterocycles. The summed E-state index contributed by atoms with van der Waals surface area (Å²) in [5.41, 5.74) is 1.14. The molecule has 0 unspecified atom stereocenters. The summed E-state index contributed by atoms with van der Waals surface area (Å²) in [5.74, 6) is 0.692. The maximum absolute atomic E-state index is 13.0. The summed E-state index contributed by atoms with van der Waals surface area (Å²) in [6.07, 6.45) is 1.70. The molecule has 3 aromatic rings. The van der Waals surface area contributed by atoms with Crippen molar-refractivity contribution in [3.8, 4) is 11.5 Å². The molecule has 0 saturated carbocycles. The molecule has 0 aliphatic carbocycles.